The second-order valence-corrected chi connectivity index (χ2v) is 10.2. The molecule has 1 aliphatic rings. The Labute approximate surface area is 149 Å². The number of hydrogen-bond acceptors (Lipinski definition) is 1. The van der Waals surface area contributed by atoms with E-state index in [1.54, 1.807) is 0 Å². The minimum Gasteiger partial charge on any atom is -0.264 e. The van der Waals surface area contributed by atoms with Gasteiger partial charge in [-0.25, -0.2) is 14.0 Å². The Morgan fingerprint density at radius 3 is 2.25 bits per heavy atom. The van der Waals surface area contributed by atoms with Gasteiger partial charge in [0, 0.05) is 39.8 Å². The second-order valence-electron chi connectivity index (χ2n) is 6.89. The van der Waals surface area contributed by atoms with E-state index in [1.165, 1.54) is 17.5 Å². The summed E-state index contributed by atoms with van der Waals surface area (Å²) in [4.78, 5) is 0. The lowest BCUT2D eigenvalue weighted by Crippen LogP contribution is -2.44. The van der Waals surface area contributed by atoms with Gasteiger partial charge in [0.05, 0.1) is 0 Å². The molecule has 0 amide bonds. The van der Waals surface area contributed by atoms with Crippen molar-refractivity contribution in [3.8, 4) is 0 Å². The zero-order valence-electron chi connectivity index (χ0n) is 16.4. The molecule has 0 aromatic heterocycles. The highest BCUT2D eigenvalue weighted by Crippen LogP contribution is 2.60. The smallest absolute Gasteiger partial charge is 0.167 e. The molecule has 1 aliphatic heterocycles. The van der Waals surface area contributed by atoms with Crippen LogP contribution in [0.25, 0.3) is 0 Å². The third-order valence-electron chi connectivity index (χ3n) is 5.12. The van der Waals surface area contributed by atoms with E-state index in [4.69, 9.17) is 4.74 Å². The van der Waals surface area contributed by atoms with Crippen LogP contribution in [0.15, 0.2) is 29.0 Å². The molecule has 4 nitrogen and oxygen atoms in total. The highest BCUT2D eigenvalue weighted by Gasteiger charge is 2.39. The highest BCUT2D eigenvalue weighted by molar-refractivity contribution is 7.59. The van der Waals surface area contributed by atoms with E-state index in [0.29, 0.717) is 5.92 Å². The molecule has 1 aromatic carbocycles. The first kappa shape index (κ1) is 19.7. The summed E-state index contributed by atoms with van der Waals surface area (Å²) >= 11 is 0. The van der Waals surface area contributed by atoms with Gasteiger partial charge in [-0.3, -0.25) is 4.74 Å². The summed E-state index contributed by atoms with van der Waals surface area (Å²) in [6.45, 7) is 14.4. The quantitative estimate of drug-likeness (QED) is 0.684. The predicted octanol–water partition coefficient (Wildman–Crippen LogP) is 4.87. The molecule has 0 N–H and O–H groups in total. The maximum Gasteiger partial charge on any atom is 0.167 e. The summed E-state index contributed by atoms with van der Waals surface area (Å²) in [5, 5.41) is 0. The van der Waals surface area contributed by atoms with Crippen molar-refractivity contribution in [2.45, 2.75) is 46.6 Å². The van der Waals surface area contributed by atoms with Crippen molar-refractivity contribution in [1.82, 2.24) is 14.0 Å². The Kier molecular flexibility index (Phi) is 7.06. The average molecular weight is 350 g/mol. The third-order valence-corrected chi connectivity index (χ3v) is 9.20. The van der Waals surface area contributed by atoms with Crippen molar-refractivity contribution in [3.05, 3.63) is 35.4 Å². The van der Waals surface area contributed by atoms with E-state index in [-0.39, 0.29) is 0 Å². The van der Waals surface area contributed by atoms with Crippen molar-refractivity contribution in [3.63, 3.8) is 0 Å². The molecule has 0 aliphatic carbocycles. The van der Waals surface area contributed by atoms with E-state index in [2.05, 4.69) is 73.0 Å². The van der Waals surface area contributed by atoms with Crippen molar-refractivity contribution < 1.29 is 0 Å². The molecule has 1 saturated heterocycles. The summed E-state index contributed by atoms with van der Waals surface area (Å²) in [5.41, 5.74) is 2.81. The van der Waals surface area contributed by atoms with Gasteiger partial charge in [-0.05, 0) is 30.5 Å². The Bertz CT molecular complexity index is 563. The average Bonchev–Trinajstić information content (AvgIpc) is 2.58. The summed E-state index contributed by atoms with van der Waals surface area (Å²) in [7, 11) is 2.52. The Morgan fingerprint density at radius 2 is 1.75 bits per heavy atom. The Morgan fingerprint density at radius 1 is 1.12 bits per heavy atom. The van der Waals surface area contributed by atoms with Crippen LogP contribution in [0.1, 0.15) is 51.2 Å². The van der Waals surface area contributed by atoms with Crippen LogP contribution in [0.4, 0.5) is 0 Å². The summed E-state index contributed by atoms with van der Waals surface area (Å²) in [6.07, 6.45) is 1.22. The molecule has 0 spiro atoms. The molecule has 2 rings (SSSR count). The summed E-state index contributed by atoms with van der Waals surface area (Å²) in [5.74, 6) is 0.591. The zero-order chi connectivity index (χ0) is 17.7. The maximum absolute atomic E-state index is 5.01. The van der Waals surface area contributed by atoms with Gasteiger partial charge in [0.2, 0.25) is 0 Å². The molecule has 5 heteroatoms. The minimum absolute atomic E-state index is 0.591. The fraction of sp³-hybridized carbons (Fsp3) is 0.684. The van der Waals surface area contributed by atoms with Gasteiger partial charge in [-0.2, -0.15) is 0 Å². The molecule has 136 valence electrons. The van der Waals surface area contributed by atoms with Gasteiger partial charge in [0.25, 0.3) is 0 Å². The Balaban J connectivity index is 2.31. The molecule has 1 fully saturated rings. The van der Waals surface area contributed by atoms with Crippen LogP contribution in [0.5, 0.6) is 0 Å². The van der Waals surface area contributed by atoms with Gasteiger partial charge in [-0.1, -0.05) is 52.0 Å². The molecule has 1 aromatic rings. The van der Waals surface area contributed by atoms with Crippen LogP contribution in [0.2, 0.25) is 0 Å². The fourth-order valence-corrected chi connectivity index (χ4v) is 7.73. The van der Waals surface area contributed by atoms with Gasteiger partial charge >= 0.3 is 0 Å². The van der Waals surface area contributed by atoms with Crippen molar-refractivity contribution >= 4 is 7.51 Å². The first-order valence-electron chi connectivity index (χ1n) is 9.31. The molecule has 1 unspecified atom stereocenters. The molecule has 1 atom stereocenters. The zero-order valence-corrected chi connectivity index (χ0v) is 17.3. The van der Waals surface area contributed by atoms with Crippen LogP contribution in [0.3, 0.4) is 0 Å². The van der Waals surface area contributed by atoms with Crippen LogP contribution >= 0.6 is 7.51 Å². The van der Waals surface area contributed by atoms with E-state index in [1.807, 2.05) is 7.05 Å². The van der Waals surface area contributed by atoms with Crippen LogP contribution in [-0.4, -0.2) is 54.3 Å². The lowest BCUT2D eigenvalue weighted by atomic mass is 10.0. The maximum atomic E-state index is 5.01. The number of hydrogen-bond donors (Lipinski definition) is 0. The van der Waals surface area contributed by atoms with Crippen molar-refractivity contribution in [2.24, 2.45) is 4.74 Å². The fourth-order valence-electron chi connectivity index (χ4n) is 3.76. The predicted molar refractivity (Wildman–Crippen MR) is 106 cm³/mol. The lowest BCUT2D eigenvalue weighted by molar-refractivity contribution is 0.285. The molecule has 0 saturated carbocycles. The molecule has 0 bridgehead atoms. The topological polar surface area (TPSA) is 22.1 Å². The molecular weight excluding hydrogens is 315 g/mol. The molecular formula is C19H35N4P. The summed E-state index contributed by atoms with van der Waals surface area (Å²) < 4.78 is 12.8. The number of rotatable bonds is 6. The van der Waals surface area contributed by atoms with E-state index in [9.17, 15) is 0 Å². The summed E-state index contributed by atoms with van der Waals surface area (Å²) in [6, 6.07) is 9.18. The first-order valence-corrected chi connectivity index (χ1v) is 10.9. The largest absolute Gasteiger partial charge is 0.264 e. The van der Waals surface area contributed by atoms with Crippen molar-refractivity contribution in [1.29, 1.82) is 0 Å². The number of nitrogens with zero attached hydrogens (tertiary/aromatic N) is 4. The van der Waals surface area contributed by atoms with Gasteiger partial charge < -0.3 is 0 Å². The second kappa shape index (κ2) is 8.62. The SMILES string of the molecule is CCN(CC)P1(=NC)N(C)CCCN1Cc1ccc(C(C)C)cc1. The van der Waals surface area contributed by atoms with Crippen LogP contribution in [0, 0.1) is 0 Å². The Hall–Kier alpha value is -0.670. The molecule has 1 heterocycles. The monoisotopic (exact) mass is 350 g/mol. The van der Waals surface area contributed by atoms with E-state index in [0.717, 1.165) is 32.7 Å². The van der Waals surface area contributed by atoms with Crippen molar-refractivity contribution in [2.75, 3.05) is 40.3 Å². The van der Waals surface area contributed by atoms with Gasteiger partial charge in [0.15, 0.2) is 7.51 Å². The van der Waals surface area contributed by atoms with Crippen LogP contribution in [-0.2, 0) is 6.54 Å². The minimum atomic E-state index is -1.75. The first-order chi connectivity index (χ1) is 11.5. The molecule has 0 radical (unpaired) electrons. The van der Waals surface area contributed by atoms with Crippen LogP contribution < -0.4 is 0 Å². The van der Waals surface area contributed by atoms with E-state index >= 15 is 0 Å². The third kappa shape index (κ3) is 3.77. The molecule has 24 heavy (non-hydrogen) atoms. The lowest BCUT2D eigenvalue weighted by Gasteiger charge is -2.50. The van der Waals surface area contributed by atoms with E-state index < -0.39 is 7.51 Å². The van der Waals surface area contributed by atoms with Gasteiger partial charge in [0.1, 0.15) is 0 Å². The van der Waals surface area contributed by atoms with Gasteiger partial charge in [-0.15, -0.1) is 0 Å². The highest BCUT2D eigenvalue weighted by atomic mass is 31.2. The standard InChI is InChI=1S/C19H35N4P/c1-7-22(8-2)24(20-5)21(6)14-9-15-23(24)16-18-10-12-19(13-11-18)17(3)4/h10-13,17H,7-9,14-16H2,1-6H3. The number of benzene rings is 1. The normalized spacial score (nSPS) is 23.2.